The van der Waals surface area contributed by atoms with Crippen LogP contribution in [0.15, 0.2) is 53.6 Å². The summed E-state index contributed by atoms with van der Waals surface area (Å²) in [4.78, 5) is 23.4. The van der Waals surface area contributed by atoms with E-state index in [1.165, 1.54) is 12.1 Å². The molecule has 7 heteroatoms. The molecule has 0 radical (unpaired) electrons. The minimum Gasteiger partial charge on any atom is -0.343 e. The monoisotopic (exact) mass is 370 g/mol. The SMILES string of the molecule is O=C1NC(=O)/C(=C/c2cccc3c2ccn3Cc2cc(F)cc(F)c2)S1. The van der Waals surface area contributed by atoms with Crippen molar-refractivity contribution in [3.8, 4) is 0 Å². The highest BCUT2D eigenvalue weighted by atomic mass is 32.2. The highest BCUT2D eigenvalue weighted by Crippen LogP contribution is 2.29. The van der Waals surface area contributed by atoms with Gasteiger partial charge in [-0.25, -0.2) is 8.78 Å². The van der Waals surface area contributed by atoms with Gasteiger partial charge in [-0.15, -0.1) is 0 Å². The number of nitrogens with zero attached hydrogens (tertiary/aromatic N) is 1. The topological polar surface area (TPSA) is 51.1 Å². The van der Waals surface area contributed by atoms with Crippen LogP contribution in [0.2, 0.25) is 0 Å². The van der Waals surface area contributed by atoms with Crippen LogP contribution in [0.5, 0.6) is 0 Å². The lowest BCUT2D eigenvalue weighted by Gasteiger charge is -2.07. The van der Waals surface area contributed by atoms with E-state index in [2.05, 4.69) is 5.32 Å². The molecule has 0 bridgehead atoms. The summed E-state index contributed by atoms with van der Waals surface area (Å²) in [7, 11) is 0. The Labute approximate surface area is 151 Å². The predicted molar refractivity (Wildman–Crippen MR) is 96.5 cm³/mol. The van der Waals surface area contributed by atoms with Gasteiger partial charge in [0.2, 0.25) is 0 Å². The number of amides is 2. The van der Waals surface area contributed by atoms with E-state index < -0.39 is 17.5 Å². The zero-order chi connectivity index (χ0) is 18.3. The summed E-state index contributed by atoms with van der Waals surface area (Å²) in [5.41, 5.74) is 2.16. The molecule has 26 heavy (non-hydrogen) atoms. The van der Waals surface area contributed by atoms with E-state index in [0.29, 0.717) is 17.0 Å². The fourth-order valence-electron chi connectivity index (χ4n) is 2.97. The molecule has 4 rings (SSSR count). The van der Waals surface area contributed by atoms with E-state index in [1.807, 2.05) is 35.0 Å². The first-order valence-electron chi connectivity index (χ1n) is 7.77. The van der Waals surface area contributed by atoms with Crippen LogP contribution in [0.25, 0.3) is 17.0 Å². The molecule has 0 spiro atoms. The summed E-state index contributed by atoms with van der Waals surface area (Å²) in [6.45, 7) is 0.311. The van der Waals surface area contributed by atoms with Crippen molar-refractivity contribution >= 4 is 39.9 Å². The molecule has 1 saturated heterocycles. The van der Waals surface area contributed by atoms with Crippen LogP contribution in [0.1, 0.15) is 11.1 Å². The number of aromatic nitrogens is 1. The average molecular weight is 370 g/mol. The number of hydrogen-bond acceptors (Lipinski definition) is 3. The summed E-state index contributed by atoms with van der Waals surface area (Å²) in [5, 5.41) is 2.71. The number of carbonyl (C=O) groups is 2. The third-order valence-corrected chi connectivity index (χ3v) is 4.86. The predicted octanol–water partition coefficient (Wildman–Crippen LogP) is 4.29. The Morgan fingerprint density at radius 1 is 1.08 bits per heavy atom. The highest BCUT2D eigenvalue weighted by molar-refractivity contribution is 8.18. The Kier molecular flexibility index (Phi) is 4.08. The van der Waals surface area contributed by atoms with Crippen LogP contribution >= 0.6 is 11.8 Å². The van der Waals surface area contributed by atoms with E-state index in [1.54, 1.807) is 6.08 Å². The van der Waals surface area contributed by atoms with Crippen molar-refractivity contribution in [2.75, 3.05) is 0 Å². The Hall–Kier alpha value is -2.93. The maximum Gasteiger partial charge on any atom is 0.290 e. The van der Waals surface area contributed by atoms with Crippen molar-refractivity contribution in [2.45, 2.75) is 6.54 Å². The number of hydrogen-bond donors (Lipinski definition) is 1. The summed E-state index contributed by atoms with van der Waals surface area (Å²) < 4.78 is 28.7. The molecule has 1 N–H and O–H groups in total. The molecule has 0 atom stereocenters. The number of rotatable bonds is 3. The summed E-state index contributed by atoms with van der Waals surface area (Å²) in [5.74, 6) is -1.64. The van der Waals surface area contributed by atoms with Crippen molar-refractivity contribution in [2.24, 2.45) is 0 Å². The van der Waals surface area contributed by atoms with Crippen molar-refractivity contribution in [1.29, 1.82) is 0 Å². The van der Waals surface area contributed by atoms with E-state index >= 15 is 0 Å². The van der Waals surface area contributed by atoms with Crippen molar-refractivity contribution < 1.29 is 18.4 Å². The van der Waals surface area contributed by atoms with Crippen LogP contribution in [-0.2, 0) is 11.3 Å². The number of carbonyl (C=O) groups excluding carboxylic acids is 2. The summed E-state index contributed by atoms with van der Waals surface area (Å²) in [6, 6.07) is 10.9. The average Bonchev–Trinajstić information content (AvgIpc) is 3.11. The van der Waals surface area contributed by atoms with E-state index in [4.69, 9.17) is 0 Å². The van der Waals surface area contributed by atoms with Crippen molar-refractivity contribution in [3.63, 3.8) is 0 Å². The molecule has 2 aromatic carbocycles. The van der Waals surface area contributed by atoms with Gasteiger partial charge >= 0.3 is 0 Å². The van der Waals surface area contributed by atoms with Gasteiger partial charge in [0, 0.05) is 29.7 Å². The fourth-order valence-corrected chi connectivity index (χ4v) is 3.65. The molecule has 2 heterocycles. The summed E-state index contributed by atoms with van der Waals surface area (Å²) in [6.07, 6.45) is 3.49. The molecule has 1 fully saturated rings. The molecule has 0 aliphatic carbocycles. The lowest BCUT2D eigenvalue weighted by molar-refractivity contribution is -0.115. The number of nitrogens with one attached hydrogen (secondary N) is 1. The van der Waals surface area contributed by atoms with E-state index in [0.717, 1.165) is 34.3 Å². The van der Waals surface area contributed by atoms with Gasteiger partial charge in [0.15, 0.2) is 0 Å². The molecule has 0 saturated carbocycles. The van der Waals surface area contributed by atoms with Gasteiger partial charge in [-0.3, -0.25) is 14.9 Å². The first kappa shape index (κ1) is 16.5. The molecule has 3 aromatic rings. The molecule has 130 valence electrons. The standard InChI is InChI=1S/C19H12F2N2O2S/c20-13-6-11(7-14(21)9-13)10-23-5-4-15-12(2-1-3-16(15)23)8-17-18(24)22-19(25)26-17/h1-9H,10H2,(H,22,24,25)/b17-8-. The molecule has 4 nitrogen and oxygen atoms in total. The minimum absolute atomic E-state index is 0.311. The first-order valence-corrected chi connectivity index (χ1v) is 8.59. The van der Waals surface area contributed by atoms with Crippen molar-refractivity contribution in [1.82, 2.24) is 9.88 Å². The second kappa shape index (κ2) is 6.42. The largest absolute Gasteiger partial charge is 0.343 e. The molecule has 1 aliphatic heterocycles. The van der Waals surface area contributed by atoms with Crippen molar-refractivity contribution in [3.05, 3.63) is 76.3 Å². The molecule has 0 unspecified atom stereocenters. The Balaban J connectivity index is 1.72. The van der Waals surface area contributed by atoms with E-state index in [-0.39, 0.29) is 5.24 Å². The molecular weight excluding hydrogens is 358 g/mol. The molecular formula is C19H12F2N2O2S. The van der Waals surface area contributed by atoms with Crippen LogP contribution in [0, 0.1) is 11.6 Å². The van der Waals surface area contributed by atoms with Gasteiger partial charge in [0.25, 0.3) is 11.1 Å². The van der Waals surface area contributed by atoms with Gasteiger partial charge in [-0.2, -0.15) is 0 Å². The lowest BCUT2D eigenvalue weighted by atomic mass is 10.1. The molecule has 2 amide bonds. The van der Waals surface area contributed by atoms with Gasteiger partial charge in [-0.1, -0.05) is 12.1 Å². The maximum atomic E-state index is 13.4. The van der Waals surface area contributed by atoms with E-state index in [9.17, 15) is 18.4 Å². The zero-order valence-electron chi connectivity index (χ0n) is 13.3. The smallest absolute Gasteiger partial charge is 0.290 e. The molecule has 1 aromatic heterocycles. The quantitative estimate of drug-likeness (QED) is 0.700. The Morgan fingerprint density at radius 3 is 2.54 bits per heavy atom. The van der Waals surface area contributed by atoms with Gasteiger partial charge in [-0.05, 0) is 53.2 Å². The second-order valence-corrected chi connectivity index (χ2v) is 6.87. The Bertz CT molecular complexity index is 1070. The number of imide groups is 1. The Morgan fingerprint density at radius 2 is 1.85 bits per heavy atom. The van der Waals surface area contributed by atoms with Crippen LogP contribution < -0.4 is 5.32 Å². The highest BCUT2D eigenvalue weighted by Gasteiger charge is 2.25. The van der Waals surface area contributed by atoms with Gasteiger partial charge in [0.1, 0.15) is 11.6 Å². The number of fused-ring (bicyclic) bond motifs is 1. The third-order valence-electron chi connectivity index (χ3n) is 4.05. The third kappa shape index (κ3) is 3.13. The number of halogens is 2. The lowest BCUT2D eigenvalue weighted by Crippen LogP contribution is -2.17. The number of thioether (sulfide) groups is 1. The summed E-state index contributed by atoms with van der Waals surface area (Å²) >= 11 is 0.861. The normalized spacial score (nSPS) is 15.8. The van der Waals surface area contributed by atoms with Gasteiger partial charge in [0.05, 0.1) is 4.91 Å². The van der Waals surface area contributed by atoms with Gasteiger partial charge < -0.3 is 4.57 Å². The van der Waals surface area contributed by atoms with Crippen LogP contribution in [-0.4, -0.2) is 15.7 Å². The van der Waals surface area contributed by atoms with Crippen LogP contribution in [0.3, 0.4) is 0 Å². The number of benzene rings is 2. The molecule has 1 aliphatic rings. The minimum atomic E-state index is -0.615. The first-order chi connectivity index (χ1) is 12.5. The zero-order valence-corrected chi connectivity index (χ0v) is 14.1. The fraction of sp³-hybridized carbons (Fsp3) is 0.0526. The second-order valence-electron chi connectivity index (χ2n) is 5.85. The maximum absolute atomic E-state index is 13.4. The van der Waals surface area contributed by atoms with Crippen LogP contribution in [0.4, 0.5) is 13.6 Å².